The topological polar surface area (TPSA) is 52.7 Å². The van der Waals surface area contributed by atoms with Gasteiger partial charge in [0.05, 0.1) is 5.69 Å². The zero-order valence-electron chi connectivity index (χ0n) is 13.0. The molecule has 5 nitrogen and oxygen atoms in total. The van der Waals surface area contributed by atoms with Gasteiger partial charge < -0.3 is 10.2 Å². The summed E-state index contributed by atoms with van der Waals surface area (Å²) < 4.78 is 39.8. The van der Waals surface area contributed by atoms with Crippen LogP contribution >= 0.6 is 0 Å². The molecule has 1 N–H and O–H groups in total. The number of nitrogens with zero attached hydrogens (tertiary/aromatic N) is 2. The number of halogens is 3. The average Bonchev–Trinajstić information content (AvgIpc) is 2.92. The molecule has 0 aliphatic carbocycles. The molecule has 3 rings (SSSR count). The molecule has 1 aliphatic rings. The first-order valence-corrected chi connectivity index (χ1v) is 7.51. The van der Waals surface area contributed by atoms with Crippen LogP contribution in [0.25, 0.3) is 0 Å². The van der Waals surface area contributed by atoms with Gasteiger partial charge in [-0.2, -0.15) is 0 Å². The average molecular weight is 349 g/mol. The van der Waals surface area contributed by atoms with Gasteiger partial charge in [0.15, 0.2) is 11.6 Å². The Balaban J connectivity index is 1.63. The maximum absolute atomic E-state index is 13.8. The van der Waals surface area contributed by atoms with E-state index >= 15 is 0 Å². The zero-order chi connectivity index (χ0) is 18.0. The van der Waals surface area contributed by atoms with Crippen molar-refractivity contribution in [1.82, 2.24) is 4.90 Å². The number of para-hydroxylation sites is 1. The van der Waals surface area contributed by atoms with Crippen LogP contribution in [0, 0.1) is 17.5 Å². The largest absolute Gasteiger partial charge is 0.325 e. The van der Waals surface area contributed by atoms with Crippen molar-refractivity contribution in [3.05, 3.63) is 59.9 Å². The van der Waals surface area contributed by atoms with Crippen LogP contribution in [0.1, 0.15) is 0 Å². The molecule has 0 atom stereocenters. The highest BCUT2D eigenvalue weighted by molar-refractivity contribution is 5.99. The van der Waals surface area contributed by atoms with Crippen LogP contribution in [0.3, 0.4) is 0 Å². The number of carbonyl (C=O) groups excluding carboxylic acids is 2. The fourth-order valence-corrected chi connectivity index (χ4v) is 2.57. The van der Waals surface area contributed by atoms with Crippen molar-refractivity contribution >= 4 is 23.3 Å². The van der Waals surface area contributed by atoms with E-state index in [1.54, 1.807) is 6.07 Å². The lowest BCUT2D eigenvalue weighted by atomic mass is 10.3. The van der Waals surface area contributed by atoms with Gasteiger partial charge in [0.1, 0.15) is 12.4 Å². The van der Waals surface area contributed by atoms with Crippen molar-refractivity contribution in [3.8, 4) is 0 Å². The van der Waals surface area contributed by atoms with E-state index in [1.807, 2.05) is 0 Å². The molecule has 1 heterocycles. The van der Waals surface area contributed by atoms with Gasteiger partial charge in [0.2, 0.25) is 5.91 Å². The predicted octanol–water partition coefficient (Wildman–Crippen LogP) is 2.98. The van der Waals surface area contributed by atoms with Crippen molar-refractivity contribution in [1.29, 1.82) is 0 Å². The minimum absolute atomic E-state index is 0.0847. The second-order valence-electron chi connectivity index (χ2n) is 5.48. The molecule has 2 aromatic rings. The lowest BCUT2D eigenvalue weighted by Gasteiger charge is -2.18. The van der Waals surface area contributed by atoms with E-state index in [0.717, 1.165) is 12.1 Å². The Morgan fingerprint density at radius 3 is 2.48 bits per heavy atom. The SMILES string of the molecule is O=C(CN1CCN(c2ccccc2F)C1=O)Nc1ccc(F)c(F)c1. The third-order valence-electron chi connectivity index (χ3n) is 3.78. The molecule has 1 fully saturated rings. The third kappa shape index (κ3) is 3.57. The number of benzene rings is 2. The van der Waals surface area contributed by atoms with E-state index in [9.17, 15) is 22.8 Å². The summed E-state index contributed by atoms with van der Waals surface area (Å²) in [7, 11) is 0. The van der Waals surface area contributed by atoms with Crippen LogP contribution in [0.15, 0.2) is 42.5 Å². The Hall–Kier alpha value is -3.03. The Morgan fingerprint density at radius 1 is 1.00 bits per heavy atom. The van der Waals surface area contributed by atoms with Crippen molar-refractivity contribution in [3.63, 3.8) is 0 Å². The highest BCUT2D eigenvalue weighted by Gasteiger charge is 2.32. The van der Waals surface area contributed by atoms with Crippen LogP contribution in [0.5, 0.6) is 0 Å². The molecule has 8 heteroatoms. The van der Waals surface area contributed by atoms with Crippen LogP contribution < -0.4 is 10.2 Å². The summed E-state index contributed by atoms with van der Waals surface area (Å²) in [6, 6.07) is 8.34. The number of amides is 3. The van der Waals surface area contributed by atoms with E-state index < -0.39 is 29.4 Å². The van der Waals surface area contributed by atoms with Gasteiger partial charge in [-0.25, -0.2) is 18.0 Å². The number of anilines is 2. The van der Waals surface area contributed by atoms with Gasteiger partial charge in [0.25, 0.3) is 0 Å². The number of nitrogens with one attached hydrogen (secondary N) is 1. The Labute approximate surface area is 141 Å². The van der Waals surface area contributed by atoms with Crippen LogP contribution in [0.4, 0.5) is 29.3 Å². The first-order valence-electron chi connectivity index (χ1n) is 7.51. The highest BCUT2D eigenvalue weighted by atomic mass is 19.2. The molecule has 130 valence electrons. The summed E-state index contributed by atoms with van der Waals surface area (Å²) in [4.78, 5) is 26.8. The zero-order valence-corrected chi connectivity index (χ0v) is 13.0. The van der Waals surface area contributed by atoms with E-state index in [4.69, 9.17) is 0 Å². The van der Waals surface area contributed by atoms with Gasteiger partial charge in [-0.15, -0.1) is 0 Å². The molecule has 0 aromatic heterocycles. The first kappa shape index (κ1) is 16.8. The molecule has 3 amide bonds. The lowest BCUT2D eigenvalue weighted by Crippen LogP contribution is -2.37. The number of hydrogen-bond acceptors (Lipinski definition) is 2. The van der Waals surface area contributed by atoms with E-state index in [1.165, 1.54) is 34.1 Å². The molecule has 0 saturated carbocycles. The maximum Gasteiger partial charge on any atom is 0.325 e. The molecule has 0 spiro atoms. The summed E-state index contributed by atoms with van der Waals surface area (Å²) in [6.07, 6.45) is 0. The van der Waals surface area contributed by atoms with Crippen molar-refractivity contribution < 1.29 is 22.8 Å². The molecule has 25 heavy (non-hydrogen) atoms. The van der Waals surface area contributed by atoms with E-state index in [2.05, 4.69) is 5.32 Å². The van der Waals surface area contributed by atoms with Crippen LogP contribution in [-0.4, -0.2) is 36.5 Å². The summed E-state index contributed by atoms with van der Waals surface area (Å²) in [5.41, 5.74) is 0.234. The molecule has 0 unspecified atom stereocenters. The minimum Gasteiger partial charge on any atom is -0.324 e. The van der Waals surface area contributed by atoms with Crippen molar-refractivity contribution in [2.45, 2.75) is 0 Å². The van der Waals surface area contributed by atoms with Crippen LogP contribution in [-0.2, 0) is 4.79 Å². The van der Waals surface area contributed by atoms with Gasteiger partial charge in [-0.1, -0.05) is 12.1 Å². The van der Waals surface area contributed by atoms with Gasteiger partial charge in [-0.3, -0.25) is 9.69 Å². The number of rotatable bonds is 4. The van der Waals surface area contributed by atoms with Crippen molar-refractivity contribution in [2.24, 2.45) is 0 Å². The molecule has 1 saturated heterocycles. The highest BCUT2D eigenvalue weighted by Crippen LogP contribution is 2.23. The third-order valence-corrected chi connectivity index (χ3v) is 3.78. The standard InChI is InChI=1S/C17H14F3N3O2/c18-12-6-5-11(9-14(12)20)21-16(24)10-22-7-8-23(17(22)25)15-4-2-1-3-13(15)19/h1-6,9H,7-8,10H2,(H,21,24). The second-order valence-corrected chi connectivity index (χ2v) is 5.48. The van der Waals surface area contributed by atoms with Crippen LogP contribution in [0.2, 0.25) is 0 Å². The summed E-state index contributed by atoms with van der Waals surface area (Å²) >= 11 is 0. The molecule has 2 aromatic carbocycles. The fraction of sp³-hybridized carbons (Fsp3) is 0.176. The van der Waals surface area contributed by atoms with Gasteiger partial charge >= 0.3 is 6.03 Å². The maximum atomic E-state index is 13.8. The Bertz CT molecular complexity index is 829. The number of hydrogen-bond donors (Lipinski definition) is 1. The minimum atomic E-state index is -1.08. The quantitative estimate of drug-likeness (QED) is 0.923. The fourth-order valence-electron chi connectivity index (χ4n) is 2.57. The smallest absolute Gasteiger partial charge is 0.324 e. The summed E-state index contributed by atoms with van der Waals surface area (Å²) in [6.45, 7) is 0.222. The van der Waals surface area contributed by atoms with E-state index in [0.29, 0.717) is 0 Å². The molecule has 1 aliphatic heterocycles. The Morgan fingerprint density at radius 2 is 1.76 bits per heavy atom. The first-order chi connectivity index (χ1) is 12.0. The summed E-state index contributed by atoms with van der Waals surface area (Å²) in [5, 5.41) is 2.39. The summed E-state index contributed by atoms with van der Waals surface area (Å²) in [5.74, 6) is -3.19. The van der Waals surface area contributed by atoms with Gasteiger partial charge in [0, 0.05) is 24.8 Å². The molecule has 0 radical (unpaired) electrons. The molecule has 0 bridgehead atoms. The molecular weight excluding hydrogens is 335 g/mol. The Kier molecular flexibility index (Phi) is 4.60. The van der Waals surface area contributed by atoms with E-state index in [-0.39, 0.29) is 31.0 Å². The molecular formula is C17H14F3N3O2. The normalized spacial score (nSPS) is 14.1. The predicted molar refractivity (Wildman–Crippen MR) is 85.7 cm³/mol. The number of urea groups is 1. The number of carbonyl (C=O) groups is 2. The lowest BCUT2D eigenvalue weighted by molar-refractivity contribution is -0.116. The van der Waals surface area contributed by atoms with Gasteiger partial charge in [-0.05, 0) is 24.3 Å². The second kappa shape index (κ2) is 6.84. The monoisotopic (exact) mass is 349 g/mol. The van der Waals surface area contributed by atoms with Crippen molar-refractivity contribution in [2.75, 3.05) is 29.9 Å².